The summed E-state index contributed by atoms with van der Waals surface area (Å²) < 4.78 is 0.905. The van der Waals surface area contributed by atoms with Gasteiger partial charge in [-0.1, -0.05) is 22.0 Å². The second-order valence-electron chi connectivity index (χ2n) is 4.00. The summed E-state index contributed by atoms with van der Waals surface area (Å²) in [5.41, 5.74) is 2.69. The highest BCUT2D eigenvalue weighted by atomic mass is 79.9. The summed E-state index contributed by atoms with van der Waals surface area (Å²) in [6.45, 7) is 2.43. The average Bonchev–Trinajstić information content (AvgIpc) is 2.40. The van der Waals surface area contributed by atoms with Crippen LogP contribution in [0.15, 0.2) is 47.2 Å². The molecule has 3 nitrogen and oxygen atoms in total. The van der Waals surface area contributed by atoms with E-state index in [9.17, 15) is 4.79 Å². The summed E-state index contributed by atoms with van der Waals surface area (Å²) in [5.74, 6) is -0.0642. The number of hydrogen-bond acceptors (Lipinski definition) is 2. The van der Waals surface area contributed by atoms with E-state index >= 15 is 0 Å². The Morgan fingerprint density at radius 1 is 1.28 bits per heavy atom. The summed E-state index contributed by atoms with van der Waals surface area (Å²) in [6.07, 6.45) is 3.43. The van der Waals surface area contributed by atoms with E-state index in [-0.39, 0.29) is 5.91 Å². The third kappa shape index (κ3) is 3.17. The van der Waals surface area contributed by atoms with Crippen LogP contribution in [0.25, 0.3) is 0 Å². The molecule has 2 aromatic rings. The first-order valence-electron chi connectivity index (χ1n) is 5.60. The maximum absolute atomic E-state index is 12.0. The lowest BCUT2D eigenvalue weighted by Crippen LogP contribution is -2.23. The van der Waals surface area contributed by atoms with Gasteiger partial charge in [-0.05, 0) is 42.3 Å². The van der Waals surface area contributed by atoms with Gasteiger partial charge in [-0.15, -0.1) is 0 Å². The Bertz CT molecular complexity index is 555. The quantitative estimate of drug-likeness (QED) is 0.947. The van der Waals surface area contributed by atoms with E-state index in [1.807, 2.05) is 37.3 Å². The molecule has 0 aliphatic rings. The number of nitrogens with one attached hydrogen (secondary N) is 1. The highest BCUT2D eigenvalue weighted by Crippen LogP contribution is 2.16. The summed E-state index contributed by atoms with van der Waals surface area (Å²) in [5, 5.41) is 2.90. The van der Waals surface area contributed by atoms with E-state index in [0.29, 0.717) is 12.1 Å². The van der Waals surface area contributed by atoms with Crippen molar-refractivity contribution in [1.82, 2.24) is 10.3 Å². The molecule has 1 aromatic carbocycles. The van der Waals surface area contributed by atoms with E-state index in [4.69, 9.17) is 0 Å². The smallest absolute Gasteiger partial charge is 0.251 e. The van der Waals surface area contributed by atoms with Crippen LogP contribution in [0.1, 0.15) is 21.5 Å². The van der Waals surface area contributed by atoms with Crippen molar-refractivity contribution in [3.8, 4) is 0 Å². The molecule has 0 atom stereocenters. The van der Waals surface area contributed by atoms with Crippen LogP contribution in [0, 0.1) is 6.92 Å². The Kier molecular flexibility index (Phi) is 4.10. The molecule has 1 aromatic heterocycles. The number of nitrogens with zero attached hydrogens (tertiary/aromatic N) is 1. The van der Waals surface area contributed by atoms with Gasteiger partial charge in [0.1, 0.15) is 0 Å². The predicted octanol–water partition coefficient (Wildman–Crippen LogP) is 3.08. The molecule has 1 N–H and O–H groups in total. The van der Waals surface area contributed by atoms with E-state index in [1.165, 1.54) is 0 Å². The number of hydrogen-bond donors (Lipinski definition) is 1. The van der Waals surface area contributed by atoms with Gasteiger partial charge in [-0.25, -0.2) is 0 Å². The molecule has 0 aliphatic carbocycles. The molecule has 0 radical (unpaired) electrons. The normalized spacial score (nSPS) is 10.1. The van der Waals surface area contributed by atoms with E-state index in [0.717, 1.165) is 15.6 Å². The second kappa shape index (κ2) is 5.78. The van der Waals surface area contributed by atoms with Crippen LogP contribution in [0.3, 0.4) is 0 Å². The van der Waals surface area contributed by atoms with Gasteiger partial charge in [0.2, 0.25) is 0 Å². The lowest BCUT2D eigenvalue weighted by atomic mass is 10.1. The van der Waals surface area contributed by atoms with Gasteiger partial charge >= 0.3 is 0 Å². The van der Waals surface area contributed by atoms with Gasteiger partial charge in [0, 0.05) is 29.0 Å². The number of rotatable bonds is 3. The summed E-state index contributed by atoms with van der Waals surface area (Å²) in [7, 11) is 0. The van der Waals surface area contributed by atoms with Crippen molar-refractivity contribution in [1.29, 1.82) is 0 Å². The number of halogens is 1. The number of amides is 1. The van der Waals surface area contributed by atoms with Crippen molar-refractivity contribution in [2.75, 3.05) is 0 Å². The molecule has 0 spiro atoms. The van der Waals surface area contributed by atoms with Crippen molar-refractivity contribution in [3.63, 3.8) is 0 Å². The Morgan fingerprint density at radius 2 is 2.00 bits per heavy atom. The minimum Gasteiger partial charge on any atom is -0.348 e. The maximum atomic E-state index is 12.0. The number of aromatic nitrogens is 1. The minimum atomic E-state index is -0.0642. The predicted molar refractivity (Wildman–Crippen MR) is 74.3 cm³/mol. The fourth-order valence-electron chi connectivity index (χ4n) is 1.62. The zero-order valence-electron chi connectivity index (χ0n) is 9.98. The molecule has 92 valence electrons. The fraction of sp³-hybridized carbons (Fsp3) is 0.143. The lowest BCUT2D eigenvalue weighted by Gasteiger charge is -2.08. The molecule has 0 fully saturated rings. The zero-order valence-corrected chi connectivity index (χ0v) is 11.6. The molecule has 0 aliphatic heterocycles. The van der Waals surface area contributed by atoms with Crippen LogP contribution in [0.5, 0.6) is 0 Å². The van der Waals surface area contributed by atoms with E-state index in [2.05, 4.69) is 26.2 Å². The second-order valence-corrected chi connectivity index (χ2v) is 4.91. The first-order valence-corrected chi connectivity index (χ1v) is 6.39. The first kappa shape index (κ1) is 12.8. The Balaban J connectivity index is 2.06. The van der Waals surface area contributed by atoms with Crippen LogP contribution >= 0.6 is 15.9 Å². The molecule has 4 heteroatoms. The maximum Gasteiger partial charge on any atom is 0.251 e. The van der Waals surface area contributed by atoms with E-state index in [1.54, 1.807) is 12.4 Å². The first-order chi connectivity index (χ1) is 8.66. The molecular weight excluding hydrogens is 292 g/mol. The summed E-state index contributed by atoms with van der Waals surface area (Å²) >= 11 is 3.37. The minimum absolute atomic E-state index is 0.0642. The topological polar surface area (TPSA) is 42.0 Å². The molecule has 0 saturated carbocycles. The van der Waals surface area contributed by atoms with Gasteiger partial charge in [-0.3, -0.25) is 9.78 Å². The van der Waals surface area contributed by atoms with Crippen LogP contribution < -0.4 is 5.32 Å². The largest absolute Gasteiger partial charge is 0.348 e. The number of carbonyl (C=O) groups excluding carboxylic acids is 1. The molecule has 1 heterocycles. The molecule has 1 amide bonds. The van der Waals surface area contributed by atoms with Gasteiger partial charge < -0.3 is 5.32 Å². The van der Waals surface area contributed by atoms with Gasteiger partial charge in [0.15, 0.2) is 0 Å². The monoisotopic (exact) mass is 304 g/mol. The molecule has 0 bridgehead atoms. The third-order valence-electron chi connectivity index (χ3n) is 2.65. The molecule has 0 unspecified atom stereocenters. The molecule has 0 saturated heterocycles. The number of benzene rings is 1. The van der Waals surface area contributed by atoms with E-state index < -0.39 is 0 Å². The van der Waals surface area contributed by atoms with Crippen LogP contribution in [-0.2, 0) is 6.54 Å². The van der Waals surface area contributed by atoms with Gasteiger partial charge in [0.25, 0.3) is 5.91 Å². The Labute approximate surface area is 114 Å². The van der Waals surface area contributed by atoms with Crippen molar-refractivity contribution in [3.05, 3.63) is 63.9 Å². The number of aryl methyl sites for hydroxylation is 1. The van der Waals surface area contributed by atoms with Crippen molar-refractivity contribution < 1.29 is 4.79 Å². The van der Waals surface area contributed by atoms with Gasteiger partial charge in [-0.2, -0.15) is 0 Å². The fourth-order valence-corrected chi connectivity index (χ4v) is 1.98. The Hall–Kier alpha value is -1.68. The average molecular weight is 305 g/mol. The van der Waals surface area contributed by atoms with Crippen LogP contribution in [-0.4, -0.2) is 10.9 Å². The Morgan fingerprint density at radius 3 is 2.72 bits per heavy atom. The summed E-state index contributed by atoms with van der Waals surface area (Å²) in [6, 6.07) is 9.44. The lowest BCUT2D eigenvalue weighted by molar-refractivity contribution is 0.0950. The highest BCUT2D eigenvalue weighted by molar-refractivity contribution is 9.10. The van der Waals surface area contributed by atoms with Crippen molar-refractivity contribution in [2.24, 2.45) is 0 Å². The number of carbonyl (C=O) groups is 1. The van der Waals surface area contributed by atoms with Crippen LogP contribution in [0.4, 0.5) is 0 Å². The third-order valence-corrected chi connectivity index (χ3v) is 3.14. The van der Waals surface area contributed by atoms with Crippen LogP contribution in [0.2, 0.25) is 0 Å². The zero-order chi connectivity index (χ0) is 13.0. The van der Waals surface area contributed by atoms with Crippen molar-refractivity contribution in [2.45, 2.75) is 13.5 Å². The van der Waals surface area contributed by atoms with Crippen molar-refractivity contribution >= 4 is 21.8 Å². The standard InChI is InChI=1S/C14H13BrN2O/c1-10-2-3-12(15)8-13(10)14(18)17-9-11-4-6-16-7-5-11/h2-8H,9H2,1H3,(H,17,18). The summed E-state index contributed by atoms with van der Waals surface area (Å²) in [4.78, 5) is 16.0. The number of pyridine rings is 1. The van der Waals surface area contributed by atoms with Gasteiger partial charge in [0.05, 0.1) is 0 Å². The highest BCUT2D eigenvalue weighted by Gasteiger charge is 2.08. The molecule has 2 rings (SSSR count). The molecule has 18 heavy (non-hydrogen) atoms. The SMILES string of the molecule is Cc1ccc(Br)cc1C(=O)NCc1ccncc1. The molecular formula is C14H13BrN2O.